The molecule has 8 nitrogen and oxygen atoms in total. The summed E-state index contributed by atoms with van der Waals surface area (Å²) in [6.45, 7) is 6.08. The number of nitro groups is 1. The average Bonchev–Trinajstić information content (AvgIpc) is 3.43. The summed E-state index contributed by atoms with van der Waals surface area (Å²) < 4.78 is 7.18. The molecular weight excluding hydrogens is 498 g/mol. The number of aryl methyl sites for hydroxylation is 2. The Kier molecular flexibility index (Phi) is 6.86. The minimum Gasteiger partial charge on any atom is -0.496 e. The Morgan fingerprint density at radius 2 is 1.87 bits per heavy atom. The molecule has 0 radical (unpaired) electrons. The van der Waals surface area contributed by atoms with Crippen LogP contribution in [0.2, 0.25) is 0 Å². The summed E-state index contributed by atoms with van der Waals surface area (Å²) in [4.78, 5) is 18.4. The van der Waals surface area contributed by atoms with Gasteiger partial charge in [-0.2, -0.15) is 0 Å². The number of nitrogens with one attached hydrogen (secondary N) is 1. The van der Waals surface area contributed by atoms with Gasteiger partial charge in [0.1, 0.15) is 11.4 Å². The van der Waals surface area contributed by atoms with E-state index in [2.05, 4.69) is 52.5 Å². The van der Waals surface area contributed by atoms with E-state index < -0.39 is 0 Å². The van der Waals surface area contributed by atoms with Crippen molar-refractivity contribution in [2.75, 3.05) is 12.0 Å². The predicted molar refractivity (Wildman–Crippen MR) is 152 cm³/mol. The highest BCUT2D eigenvalue weighted by molar-refractivity contribution is 7.80. The molecule has 0 aliphatic carbocycles. The number of benzene rings is 2. The number of thiocarbonyl (C=S) groups is 1. The highest BCUT2D eigenvalue weighted by atomic mass is 32.1. The number of methoxy groups -OCH3 is 1. The molecular formula is C29H29N5O3S. The van der Waals surface area contributed by atoms with Crippen molar-refractivity contribution in [3.8, 4) is 11.4 Å². The number of nitrogens with zero attached hydrogens (tertiary/aromatic N) is 4. The van der Waals surface area contributed by atoms with Crippen molar-refractivity contribution in [1.82, 2.24) is 14.9 Å². The fourth-order valence-electron chi connectivity index (χ4n) is 5.26. The molecule has 1 saturated heterocycles. The van der Waals surface area contributed by atoms with E-state index in [1.54, 1.807) is 18.3 Å². The minimum absolute atomic E-state index is 0.0222. The third kappa shape index (κ3) is 4.39. The molecule has 194 valence electrons. The standard InChI is InChI=1S/C29H29N5O3S/c1-5-20-9-11-21(12-10-20)33-28(27(31-29(33)38)24-8-6-7-15-30-24)23-16-18(2)32(19(23)3)25-14-13-22(37-4)17-26(25)34(35)36/h6-17,27-28H,5H2,1-4H3,(H,31,38)/t27-,28-/m1/s1. The van der Waals surface area contributed by atoms with Gasteiger partial charge in [0, 0.05) is 23.3 Å². The Hall–Kier alpha value is -4.24. The molecule has 3 heterocycles. The summed E-state index contributed by atoms with van der Waals surface area (Å²) in [6.07, 6.45) is 2.73. The molecule has 38 heavy (non-hydrogen) atoms. The number of nitro benzene ring substituents is 1. The Morgan fingerprint density at radius 3 is 2.50 bits per heavy atom. The van der Waals surface area contributed by atoms with E-state index >= 15 is 0 Å². The van der Waals surface area contributed by atoms with Crippen LogP contribution in [-0.2, 0) is 6.42 Å². The highest BCUT2D eigenvalue weighted by Crippen LogP contribution is 2.44. The zero-order chi connectivity index (χ0) is 27.0. The number of aromatic nitrogens is 2. The van der Waals surface area contributed by atoms with E-state index in [0.717, 1.165) is 34.8 Å². The molecule has 0 bridgehead atoms. The number of anilines is 1. The number of rotatable bonds is 7. The normalized spacial score (nSPS) is 16.9. The van der Waals surface area contributed by atoms with Crippen molar-refractivity contribution in [1.29, 1.82) is 0 Å². The van der Waals surface area contributed by atoms with Crippen LogP contribution < -0.4 is 15.0 Å². The van der Waals surface area contributed by atoms with Crippen LogP contribution in [0.4, 0.5) is 11.4 Å². The lowest BCUT2D eigenvalue weighted by atomic mass is 9.96. The summed E-state index contributed by atoms with van der Waals surface area (Å²) in [5, 5.41) is 16.1. The van der Waals surface area contributed by atoms with Crippen molar-refractivity contribution in [2.45, 2.75) is 39.3 Å². The van der Waals surface area contributed by atoms with Crippen LogP contribution in [0.25, 0.3) is 5.69 Å². The maximum Gasteiger partial charge on any atom is 0.296 e. The number of hydrogen-bond donors (Lipinski definition) is 1. The van der Waals surface area contributed by atoms with Crippen LogP contribution in [0, 0.1) is 24.0 Å². The van der Waals surface area contributed by atoms with Gasteiger partial charge in [-0.1, -0.05) is 25.1 Å². The van der Waals surface area contributed by atoms with Gasteiger partial charge in [-0.15, -0.1) is 0 Å². The monoisotopic (exact) mass is 527 g/mol. The van der Waals surface area contributed by atoms with Gasteiger partial charge in [0.2, 0.25) is 0 Å². The zero-order valence-corrected chi connectivity index (χ0v) is 22.5. The smallest absolute Gasteiger partial charge is 0.296 e. The van der Waals surface area contributed by atoms with Crippen LogP contribution in [-0.4, -0.2) is 26.7 Å². The third-order valence-electron chi connectivity index (χ3n) is 7.13. The van der Waals surface area contributed by atoms with Crippen molar-refractivity contribution >= 4 is 28.7 Å². The molecule has 0 amide bonds. The molecule has 2 atom stereocenters. The highest BCUT2D eigenvalue weighted by Gasteiger charge is 2.42. The van der Waals surface area contributed by atoms with E-state index in [9.17, 15) is 10.1 Å². The van der Waals surface area contributed by atoms with E-state index in [-0.39, 0.29) is 22.7 Å². The summed E-state index contributed by atoms with van der Waals surface area (Å²) in [5.41, 5.74) is 6.33. The summed E-state index contributed by atoms with van der Waals surface area (Å²) >= 11 is 5.87. The maximum absolute atomic E-state index is 12.0. The van der Waals surface area contributed by atoms with Gasteiger partial charge in [-0.05, 0) is 86.1 Å². The number of ether oxygens (including phenoxy) is 1. The Labute approximate surface area is 227 Å². The van der Waals surface area contributed by atoms with Crippen LogP contribution in [0.3, 0.4) is 0 Å². The molecule has 2 aromatic heterocycles. The van der Waals surface area contributed by atoms with Gasteiger partial charge in [-0.3, -0.25) is 15.1 Å². The second kappa shape index (κ2) is 10.3. The van der Waals surface area contributed by atoms with E-state index in [4.69, 9.17) is 17.0 Å². The van der Waals surface area contributed by atoms with Crippen LogP contribution >= 0.6 is 12.2 Å². The van der Waals surface area contributed by atoms with Gasteiger partial charge in [0.25, 0.3) is 5.69 Å². The molecule has 5 rings (SSSR count). The first-order valence-corrected chi connectivity index (χ1v) is 12.9. The molecule has 1 aliphatic heterocycles. The Morgan fingerprint density at radius 1 is 1.11 bits per heavy atom. The lowest BCUT2D eigenvalue weighted by Gasteiger charge is -2.28. The van der Waals surface area contributed by atoms with Crippen molar-refractivity contribution in [2.24, 2.45) is 0 Å². The quantitative estimate of drug-likeness (QED) is 0.175. The van der Waals surface area contributed by atoms with Crippen molar-refractivity contribution in [3.05, 3.63) is 111 Å². The van der Waals surface area contributed by atoms with Crippen LogP contribution in [0.5, 0.6) is 5.75 Å². The molecule has 9 heteroatoms. The van der Waals surface area contributed by atoms with Crippen LogP contribution in [0.15, 0.2) is 72.9 Å². The van der Waals surface area contributed by atoms with Gasteiger partial charge >= 0.3 is 0 Å². The lowest BCUT2D eigenvalue weighted by Crippen LogP contribution is -2.29. The summed E-state index contributed by atoms with van der Waals surface area (Å²) in [7, 11) is 1.50. The predicted octanol–water partition coefficient (Wildman–Crippen LogP) is 6.15. The fourth-order valence-corrected chi connectivity index (χ4v) is 5.61. The fraction of sp³-hybridized carbons (Fsp3) is 0.241. The molecule has 0 unspecified atom stereocenters. The van der Waals surface area contributed by atoms with Crippen molar-refractivity contribution < 1.29 is 9.66 Å². The Bertz CT molecular complexity index is 1500. The van der Waals surface area contributed by atoms with Crippen molar-refractivity contribution in [3.63, 3.8) is 0 Å². The van der Waals surface area contributed by atoms with Gasteiger partial charge in [0.05, 0.1) is 35.9 Å². The average molecular weight is 528 g/mol. The summed E-state index contributed by atoms with van der Waals surface area (Å²) in [6, 6.07) is 20.9. The maximum atomic E-state index is 12.0. The molecule has 1 N–H and O–H groups in total. The summed E-state index contributed by atoms with van der Waals surface area (Å²) in [5.74, 6) is 0.436. The largest absolute Gasteiger partial charge is 0.496 e. The molecule has 2 aromatic carbocycles. The van der Waals surface area contributed by atoms with Gasteiger partial charge in [-0.25, -0.2) is 0 Å². The van der Waals surface area contributed by atoms with Crippen LogP contribution in [0.1, 0.15) is 47.2 Å². The zero-order valence-electron chi connectivity index (χ0n) is 21.7. The second-order valence-electron chi connectivity index (χ2n) is 9.29. The SMILES string of the molecule is CCc1ccc(N2C(=S)N[C@H](c3ccccn3)[C@H]2c2cc(C)n(-c3ccc(OC)cc3[N+](=O)[O-])c2C)cc1. The van der Waals surface area contributed by atoms with Gasteiger partial charge in [0.15, 0.2) is 5.11 Å². The number of pyridine rings is 1. The lowest BCUT2D eigenvalue weighted by molar-refractivity contribution is -0.384. The topological polar surface area (TPSA) is 85.5 Å². The molecule has 0 saturated carbocycles. The second-order valence-corrected chi connectivity index (χ2v) is 9.68. The molecule has 4 aromatic rings. The minimum atomic E-state index is -0.374. The van der Waals surface area contributed by atoms with E-state index in [1.165, 1.54) is 18.7 Å². The third-order valence-corrected chi connectivity index (χ3v) is 7.44. The van der Waals surface area contributed by atoms with Gasteiger partial charge < -0.3 is 19.5 Å². The molecule has 1 aliphatic rings. The number of hydrogen-bond acceptors (Lipinski definition) is 5. The first-order valence-electron chi connectivity index (χ1n) is 12.4. The Balaban J connectivity index is 1.69. The molecule has 0 spiro atoms. The first-order chi connectivity index (χ1) is 18.3. The molecule has 1 fully saturated rings. The van der Waals surface area contributed by atoms with E-state index in [1.807, 2.05) is 36.6 Å². The first kappa shape index (κ1) is 25.4. The van der Waals surface area contributed by atoms with E-state index in [0.29, 0.717) is 16.5 Å².